The number of nitrogens with zero attached hydrogens (tertiary/aromatic N) is 1. The zero-order chi connectivity index (χ0) is 13.9. The van der Waals surface area contributed by atoms with E-state index in [1.807, 2.05) is 0 Å². The van der Waals surface area contributed by atoms with Crippen molar-refractivity contribution in [1.29, 1.82) is 0 Å². The van der Waals surface area contributed by atoms with Crippen LogP contribution in [0.4, 0.5) is 0 Å². The van der Waals surface area contributed by atoms with Gasteiger partial charge in [0.1, 0.15) is 5.75 Å². The molecule has 1 aromatic carbocycles. The van der Waals surface area contributed by atoms with Gasteiger partial charge in [-0.1, -0.05) is 0 Å². The number of methoxy groups -OCH3 is 1. The predicted octanol–water partition coefficient (Wildman–Crippen LogP) is 0.109. The van der Waals surface area contributed by atoms with E-state index < -0.39 is 15.9 Å². The van der Waals surface area contributed by atoms with E-state index in [2.05, 4.69) is 0 Å². The molecule has 1 amide bonds. The second-order valence-electron chi connectivity index (χ2n) is 3.86. The molecule has 0 atom stereocenters. The fourth-order valence-corrected chi connectivity index (χ4v) is 2.85. The van der Waals surface area contributed by atoms with Gasteiger partial charge >= 0.3 is 0 Å². The van der Waals surface area contributed by atoms with Crippen LogP contribution in [0.25, 0.3) is 0 Å². The third kappa shape index (κ3) is 2.99. The Kier molecular flexibility index (Phi) is 4.31. The first-order valence-electron chi connectivity index (χ1n) is 5.18. The van der Waals surface area contributed by atoms with Crippen LogP contribution in [0.2, 0.25) is 0 Å². The highest BCUT2D eigenvalue weighted by atomic mass is 32.2. The van der Waals surface area contributed by atoms with Gasteiger partial charge in [0.05, 0.1) is 18.6 Å². The zero-order valence-electron chi connectivity index (χ0n) is 10.5. The van der Waals surface area contributed by atoms with E-state index in [0.29, 0.717) is 11.3 Å². The van der Waals surface area contributed by atoms with Crippen LogP contribution in [-0.2, 0) is 14.8 Å². The predicted molar refractivity (Wildman–Crippen MR) is 66.7 cm³/mol. The van der Waals surface area contributed by atoms with Crippen molar-refractivity contribution in [2.75, 3.05) is 20.7 Å². The molecule has 0 fully saturated rings. The number of hydrogen-bond donors (Lipinski definition) is 1. The number of nitrogens with two attached hydrogens (primary N) is 1. The van der Waals surface area contributed by atoms with Gasteiger partial charge in [0.2, 0.25) is 15.9 Å². The average molecular weight is 272 g/mol. The van der Waals surface area contributed by atoms with Gasteiger partial charge in [-0.2, -0.15) is 4.31 Å². The Morgan fingerprint density at radius 3 is 2.50 bits per heavy atom. The molecule has 7 heteroatoms. The van der Waals surface area contributed by atoms with Crippen LogP contribution in [0.3, 0.4) is 0 Å². The van der Waals surface area contributed by atoms with Gasteiger partial charge in [-0.05, 0) is 30.7 Å². The van der Waals surface area contributed by atoms with Crippen molar-refractivity contribution < 1.29 is 17.9 Å². The third-order valence-corrected chi connectivity index (χ3v) is 4.41. The molecule has 1 rings (SSSR count). The molecule has 0 aliphatic carbocycles. The molecular weight excluding hydrogens is 256 g/mol. The average Bonchev–Trinajstić information content (AvgIpc) is 2.27. The van der Waals surface area contributed by atoms with Gasteiger partial charge in [0.15, 0.2) is 0 Å². The standard InChI is InChI=1S/C11H16N2O4S/c1-8-6-9(17-3)4-5-10(8)18(15,16)13(2)7-11(12)14/h4-6H,7H2,1-3H3,(H2,12,14). The van der Waals surface area contributed by atoms with Crippen molar-refractivity contribution in [3.05, 3.63) is 23.8 Å². The molecule has 18 heavy (non-hydrogen) atoms. The zero-order valence-corrected chi connectivity index (χ0v) is 11.3. The molecule has 0 saturated heterocycles. The van der Waals surface area contributed by atoms with Gasteiger partial charge in [-0.25, -0.2) is 8.42 Å². The van der Waals surface area contributed by atoms with Crippen molar-refractivity contribution in [3.8, 4) is 5.75 Å². The molecule has 0 aromatic heterocycles. The molecule has 0 spiro atoms. The van der Waals surface area contributed by atoms with Crippen molar-refractivity contribution in [2.45, 2.75) is 11.8 Å². The van der Waals surface area contributed by atoms with Crippen molar-refractivity contribution in [2.24, 2.45) is 5.73 Å². The summed E-state index contributed by atoms with van der Waals surface area (Å²) in [6.45, 7) is 1.31. The van der Waals surface area contributed by atoms with Crippen LogP contribution >= 0.6 is 0 Å². The Labute approximate surface area is 106 Å². The summed E-state index contributed by atoms with van der Waals surface area (Å²) in [7, 11) is -0.901. The van der Waals surface area contributed by atoms with E-state index in [1.165, 1.54) is 20.2 Å². The first-order valence-corrected chi connectivity index (χ1v) is 6.62. The quantitative estimate of drug-likeness (QED) is 0.823. The summed E-state index contributed by atoms with van der Waals surface area (Å²) in [5.41, 5.74) is 5.53. The largest absolute Gasteiger partial charge is 0.497 e. The number of ether oxygens (including phenoxy) is 1. The van der Waals surface area contributed by atoms with Gasteiger partial charge < -0.3 is 10.5 Å². The number of amides is 1. The highest BCUT2D eigenvalue weighted by molar-refractivity contribution is 7.89. The molecule has 0 heterocycles. The molecule has 2 N–H and O–H groups in total. The maximum absolute atomic E-state index is 12.2. The highest BCUT2D eigenvalue weighted by Crippen LogP contribution is 2.23. The molecular formula is C11H16N2O4S. The number of carbonyl (C=O) groups excluding carboxylic acids is 1. The van der Waals surface area contributed by atoms with Gasteiger partial charge in [-0.15, -0.1) is 0 Å². The van der Waals surface area contributed by atoms with E-state index in [9.17, 15) is 13.2 Å². The maximum Gasteiger partial charge on any atom is 0.243 e. The Bertz CT molecular complexity index is 554. The fraction of sp³-hybridized carbons (Fsp3) is 0.364. The van der Waals surface area contributed by atoms with Crippen LogP contribution < -0.4 is 10.5 Å². The number of likely N-dealkylation sites (N-methyl/N-ethyl adjacent to an activating group) is 1. The molecule has 0 radical (unpaired) electrons. The molecule has 0 saturated carbocycles. The summed E-state index contributed by atoms with van der Waals surface area (Å²) in [5.74, 6) is -0.128. The molecule has 100 valence electrons. The number of primary amides is 1. The summed E-state index contributed by atoms with van der Waals surface area (Å²) in [5, 5.41) is 0. The molecule has 0 aliphatic heterocycles. The fourth-order valence-electron chi connectivity index (χ4n) is 1.51. The monoisotopic (exact) mass is 272 g/mol. The lowest BCUT2D eigenvalue weighted by atomic mass is 10.2. The Morgan fingerprint density at radius 2 is 2.06 bits per heavy atom. The summed E-state index contributed by atoms with van der Waals surface area (Å²) >= 11 is 0. The minimum Gasteiger partial charge on any atom is -0.497 e. The van der Waals surface area contributed by atoms with Crippen LogP contribution in [0.15, 0.2) is 23.1 Å². The number of sulfonamides is 1. The molecule has 0 bridgehead atoms. The highest BCUT2D eigenvalue weighted by Gasteiger charge is 2.24. The molecule has 0 unspecified atom stereocenters. The normalized spacial score (nSPS) is 11.6. The molecule has 0 aliphatic rings. The first-order chi connectivity index (χ1) is 8.28. The van der Waals surface area contributed by atoms with Crippen LogP contribution in [0, 0.1) is 6.92 Å². The Hall–Kier alpha value is -1.60. The van der Waals surface area contributed by atoms with Gasteiger partial charge in [0.25, 0.3) is 0 Å². The first kappa shape index (κ1) is 14.5. The van der Waals surface area contributed by atoms with Crippen molar-refractivity contribution in [1.82, 2.24) is 4.31 Å². The molecule has 6 nitrogen and oxygen atoms in total. The minimum absolute atomic E-state index is 0.132. The van der Waals surface area contributed by atoms with Gasteiger partial charge in [-0.3, -0.25) is 4.79 Å². The summed E-state index contributed by atoms with van der Waals surface area (Å²) < 4.78 is 30.3. The Morgan fingerprint density at radius 1 is 1.44 bits per heavy atom. The van der Waals surface area contributed by atoms with Gasteiger partial charge in [0, 0.05) is 7.05 Å². The van der Waals surface area contributed by atoms with Crippen LogP contribution in [0.5, 0.6) is 5.75 Å². The minimum atomic E-state index is -3.71. The number of carbonyl (C=O) groups is 1. The third-order valence-electron chi connectivity index (χ3n) is 2.45. The Balaban J connectivity index is 3.16. The number of benzene rings is 1. The second kappa shape index (κ2) is 5.36. The number of aryl methyl sites for hydroxylation is 1. The van der Waals surface area contributed by atoms with E-state index >= 15 is 0 Å². The summed E-state index contributed by atoms with van der Waals surface area (Å²) in [6, 6.07) is 4.62. The molecule has 1 aromatic rings. The van der Waals surface area contributed by atoms with E-state index in [1.54, 1.807) is 19.1 Å². The maximum atomic E-state index is 12.2. The van der Waals surface area contributed by atoms with Crippen molar-refractivity contribution >= 4 is 15.9 Å². The lowest BCUT2D eigenvalue weighted by molar-refractivity contribution is -0.118. The second-order valence-corrected chi connectivity index (χ2v) is 5.87. The van der Waals surface area contributed by atoms with Crippen molar-refractivity contribution in [3.63, 3.8) is 0 Å². The lowest BCUT2D eigenvalue weighted by Crippen LogP contribution is -2.35. The van der Waals surface area contributed by atoms with E-state index in [0.717, 1.165) is 4.31 Å². The smallest absolute Gasteiger partial charge is 0.243 e. The summed E-state index contributed by atoms with van der Waals surface area (Å²) in [6.07, 6.45) is 0. The topological polar surface area (TPSA) is 89.7 Å². The lowest BCUT2D eigenvalue weighted by Gasteiger charge is -2.17. The summed E-state index contributed by atoms with van der Waals surface area (Å²) in [4.78, 5) is 10.9. The van der Waals surface area contributed by atoms with Crippen LogP contribution in [-0.4, -0.2) is 39.3 Å². The van der Waals surface area contributed by atoms with Crippen LogP contribution in [0.1, 0.15) is 5.56 Å². The number of hydrogen-bond acceptors (Lipinski definition) is 4. The number of rotatable bonds is 5. The van der Waals surface area contributed by atoms with E-state index in [-0.39, 0.29) is 11.4 Å². The SMILES string of the molecule is COc1ccc(S(=O)(=O)N(C)CC(N)=O)c(C)c1. The van der Waals surface area contributed by atoms with E-state index in [4.69, 9.17) is 10.5 Å².